The fourth-order valence-electron chi connectivity index (χ4n) is 2.04. The molecule has 0 aliphatic rings. The molecule has 0 aliphatic heterocycles. The molecular formula is C16H30N4O2S2. The number of nitrogens with one attached hydrogen (secondary N) is 3. The molecule has 0 amide bonds. The van der Waals surface area contributed by atoms with E-state index in [9.17, 15) is 8.42 Å². The highest BCUT2D eigenvalue weighted by molar-refractivity contribution is 7.91. The Balaban J connectivity index is 2.45. The number of hydrogen-bond acceptors (Lipinski definition) is 4. The normalized spacial score (nSPS) is 14.0. The van der Waals surface area contributed by atoms with E-state index in [2.05, 4.69) is 41.1 Å². The highest BCUT2D eigenvalue weighted by atomic mass is 32.2. The molecule has 0 bridgehead atoms. The number of aliphatic imine (C=N–C) groups is 1. The third kappa shape index (κ3) is 8.12. The standard InChI is InChI=1S/C16H30N4O2S2/c1-5-17-16(20-14(4)9-8-13(2)3)18-10-11-19-24(21,22)15-7-6-12-23-15/h6-7,12-14,19H,5,8-11H2,1-4H3,(H2,17,18,20). The zero-order valence-electron chi connectivity index (χ0n) is 15.0. The first kappa shape index (κ1) is 20.9. The fourth-order valence-corrected chi connectivity index (χ4v) is 4.10. The fraction of sp³-hybridized carbons (Fsp3) is 0.688. The molecule has 24 heavy (non-hydrogen) atoms. The maximum Gasteiger partial charge on any atom is 0.250 e. The van der Waals surface area contributed by atoms with Crippen molar-refractivity contribution in [2.75, 3.05) is 19.6 Å². The van der Waals surface area contributed by atoms with Crippen LogP contribution in [-0.4, -0.2) is 40.1 Å². The summed E-state index contributed by atoms with van der Waals surface area (Å²) in [5, 5.41) is 8.30. The molecule has 0 saturated heterocycles. The quantitative estimate of drug-likeness (QED) is 0.334. The molecule has 1 heterocycles. The van der Waals surface area contributed by atoms with E-state index in [1.54, 1.807) is 17.5 Å². The monoisotopic (exact) mass is 374 g/mol. The van der Waals surface area contributed by atoms with E-state index in [0.29, 0.717) is 22.7 Å². The zero-order valence-corrected chi connectivity index (χ0v) is 16.6. The molecule has 0 spiro atoms. The van der Waals surface area contributed by atoms with Crippen LogP contribution in [0.15, 0.2) is 26.7 Å². The minimum absolute atomic E-state index is 0.275. The van der Waals surface area contributed by atoms with Gasteiger partial charge in [0.25, 0.3) is 0 Å². The highest BCUT2D eigenvalue weighted by Gasteiger charge is 2.13. The van der Waals surface area contributed by atoms with Crippen molar-refractivity contribution in [3.05, 3.63) is 17.5 Å². The summed E-state index contributed by atoms with van der Waals surface area (Å²) in [6.45, 7) is 10.00. The molecule has 0 aliphatic carbocycles. The topological polar surface area (TPSA) is 82.6 Å². The van der Waals surface area contributed by atoms with Crippen LogP contribution in [0.5, 0.6) is 0 Å². The van der Waals surface area contributed by atoms with Crippen molar-refractivity contribution < 1.29 is 8.42 Å². The van der Waals surface area contributed by atoms with Crippen LogP contribution < -0.4 is 15.4 Å². The summed E-state index contributed by atoms with van der Waals surface area (Å²) >= 11 is 1.21. The van der Waals surface area contributed by atoms with Gasteiger partial charge in [-0.2, -0.15) is 0 Å². The number of sulfonamides is 1. The Morgan fingerprint density at radius 2 is 2.04 bits per heavy atom. The van der Waals surface area contributed by atoms with Gasteiger partial charge in [-0.1, -0.05) is 19.9 Å². The predicted octanol–water partition coefficient (Wildman–Crippen LogP) is 2.41. The third-order valence-corrected chi connectivity index (χ3v) is 6.20. The highest BCUT2D eigenvalue weighted by Crippen LogP contribution is 2.14. The van der Waals surface area contributed by atoms with Crippen LogP contribution >= 0.6 is 11.3 Å². The molecule has 138 valence electrons. The minimum atomic E-state index is -3.41. The summed E-state index contributed by atoms with van der Waals surface area (Å²) in [5.74, 6) is 1.41. The molecule has 1 aromatic heterocycles. The van der Waals surface area contributed by atoms with Gasteiger partial charge >= 0.3 is 0 Å². The van der Waals surface area contributed by atoms with Gasteiger partial charge < -0.3 is 10.6 Å². The molecular weight excluding hydrogens is 344 g/mol. The molecule has 1 aromatic rings. The summed E-state index contributed by atoms with van der Waals surface area (Å²) in [7, 11) is -3.41. The minimum Gasteiger partial charge on any atom is -0.357 e. The average molecular weight is 375 g/mol. The number of thiophene rings is 1. The SMILES string of the molecule is CCNC(=NCCNS(=O)(=O)c1cccs1)NC(C)CCC(C)C. The summed E-state index contributed by atoms with van der Waals surface area (Å²) in [4.78, 5) is 4.44. The Morgan fingerprint density at radius 1 is 1.29 bits per heavy atom. The second-order valence-corrected chi connectivity index (χ2v) is 9.05. The first-order valence-electron chi connectivity index (χ1n) is 8.43. The van der Waals surface area contributed by atoms with Gasteiger partial charge in [-0.3, -0.25) is 4.99 Å². The molecule has 1 rings (SSSR count). The van der Waals surface area contributed by atoms with Gasteiger partial charge in [0, 0.05) is 19.1 Å². The van der Waals surface area contributed by atoms with E-state index in [4.69, 9.17) is 0 Å². The molecule has 6 nitrogen and oxygen atoms in total. The molecule has 3 N–H and O–H groups in total. The second kappa shape index (κ2) is 10.7. The lowest BCUT2D eigenvalue weighted by molar-refractivity contribution is 0.489. The molecule has 1 unspecified atom stereocenters. The second-order valence-electron chi connectivity index (χ2n) is 6.11. The first-order valence-corrected chi connectivity index (χ1v) is 10.8. The largest absolute Gasteiger partial charge is 0.357 e. The van der Waals surface area contributed by atoms with Crippen LogP contribution in [0.1, 0.15) is 40.5 Å². The molecule has 8 heteroatoms. The summed E-state index contributed by atoms with van der Waals surface area (Å²) in [6.07, 6.45) is 2.24. The Hall–Kier alpha value is -1.12. The van der Waals surface area contributed by atoms with Gasteiger partial charge in [-0.05, 0) is 44.1 Å². The van der Waals surface area contributed by atoms with Gasteiger partial charge in [-0.15, -0.1) is 11.3 Å². The van der Waals surface area contributed by atoms with Crippen LogP contribution in [0.4, 0.5) is 0 Å². The number of hydrogen-bond donors (Lipinski definition) is 3. The Morgan fingerprint density at radius 3 is 2.62 bits per heavy atom. The molecule has 0 aromatic carbocycles. The van der Waals surface area contributed by atoms with Crippen LogP contribution in [0, 0.1) is 5.92 Å². The lowest BCUT2D eigenvalue weighted by Gasteiger charge is -2.18. The van der Waals surface area contributed by atoms with Crippen LogP contribution in [0.3, 0.4) is 0 Å². The summed E-state index contributed by atoms with van der Waals surface area (Å²) in [5.41, 5.74) is 0. The van der Waals surface area contributed by atoms with E-state index in [1.165, 1.54) is 11.3 Å². The van der Waals surface area contributed by atoms with E-state index in [1.807, 2.05) is 6.92 Å². The molecule has 0 fully saturated rings. The van der Waals surface area contributed by atoms with Gasteiger partial charge in [0.15, 0.2) is 5.96 Å². The van der Waals surface area contributed by atoms with Crippen LogP contribution in [0.25, 0.3) is 0 Å². The van der Waals surface area contributed by atoms with E-state index >= 15 is 0 Å². The van der Waals surface area contributed by atoms with E-state index < -0.39 is 10.0 Å². The van der Waals surface area contributed by atoms with Crippen molar-refractivity contribution in [1.82, 2.24) is 15.4 Å². The summed E-state index contributed by atoms with van der Waals surface area (Å²) < 4.78 is 26.9. The van der Waals surface area contributed by atoms with Crippen molar-refractivity contribution in [3.8, 4) is 0 Å². The van der Waals surface area contributed by atoms with Gasteiger partial charge in [0.1, 0.15) is 4.21 Å². The predicted molar refractivity (Wildman–Crippen MR) is 102 cm³/mol. The number of rotatable bonds is 10. The van der Waals surface area contributed by atoms with Crippen molar-refractivity contribution in [2.45, 2.75) is 50.8 Å². The van der Waals surface area contributed by atoms with E-state index in [0.717, 1.165) is 25.3 Å². The van der Waals surface area contributed by atoms with Gasteiger partial charge in [0.05, 0.1) is 6.54 Å². The average Bonchev–Trinajstić information content (AvgIpc) is 3.05. The molecule has 0 radical (unpaired) electrons. The lowest BCUT2D eigenvalue weighted by Crippen LogP contribution is -2.42. The van der Waals surface area contributed by atoms with Crippen molar-refractivity contribution in [2.24, 2.45) is 10.9 Å². The smallest absolute Gasteiger partial charge is 0.250 e. The first-order chi connectivity index (χ1) is 11.3. The van der Waals surface area contributed by atoms with E-state index in [-0.39, 0.29) is 6.54 Å². The van der Waals surface area contributed by atoms with Crippen LogP contribution in [-0.2, 0) is 10.0 Å². The Labute approximate surface area is 150 Å². The zero-order chi connectivity index (χ0) is 18.0. The number of guanidine groups is 1. The van der Waals surface area contributed by atoms with Crippen molar-refractivity contribution in [1.29, 1.82) is 0 Å². The van der Waals surface area contributed by atoms with Crippen LogP contribution in [0.2, 0.25) is 0 Å². The molecule has 0 saturated carbocycles. The maximum atomic E-state index is 12.0. The summed E-state index contributed by atoms with van der Waals surface area (Å²) in [6, 6.07) is 3.65. The van der Waals surface area contributed by atoms with Crippen molar-refractivity contribution >= 4 is 27.3 Å². The number of nitrogens with zero attached hydrogens (tertiary/aromatic N) is 1. The van der Waals surface area contributed by atoms with Crippen molar-refractivity contribution in [3.63, 3.8) is 0 Å². The molecule has 1 atom stereocenters. The van der Waals surface area contributed by atoms with Gasteiger partial charge in [0.2, 0.25) is 10.0 Å². The maximum absolute atomic E-state index is 12.0. The Kier molecular flexibility index (Phi) is 9.31. The lowest BCUT2D eigenvalue weighted by atomic mass is 10.0. The third-order valence-electron chi connectivity index (χ3n) is 3.34. The Bertz CT molecular complexity index is 583. The van der Waals surface area contributed by atoms with Gasteiger partial charge in [-0.25, -0.2) is 13.1 Å².